The highest BCUT2D eigenvalue weighted by Gasteiger charge is 2.55. The fraction of sp³-hybridized carbons (Fsp3) is 0.435. The number of halogens is 2. The summed E-state index contributed by atoms with van der Waals surface area (Å²) >= 11 is 0. The summed E-state index contributed by atoms with van der Waals surface area (Å²) in [7, 11) is 0. The van der Waals surface area contributed by atoms with Gasteiger partial charge in [-0.2, -0.15) is 0 Å². The molecule has 0 amide bonds. The van der Waals surface area contributed by atoms with Gasteiger partial charge in [0.2, 0.25) is 0 Å². The van der Waals surface area contributed by atoms with Crippen molar-refractivity contribution in [2.24, 2.45) is 0 Å². The first kappa shape index (κ1) is 23.3. The number of esters is 1. The Bertz CT molecular complexity index is 844. The van der Waals surface area contributed by atoms with Crippen LogP contribution in [0.15, 0.2) is 60.7 Å². The number of hydrogen-bond acceptors (Lipinski definition) is 6. The highest BCUT2D eigenvalue weighted by molar-refractivity contribution is 5.89. The van der Waals surface area contributed by atoms with Gasteiger partial charge in [0.15, 0.2) is 18.0 Å². The average Bonchev–Trinajstić information content (AvgIpc) is 3.12. The second-order valence-electron chi connectivity index (χ2n) is 7.74. The molecular weight excluding hydrogens is 410 g/mol. The van der Waals surface area contributed by atoms with E-state index in [1.54, 1.807) is 62.4 Å². The predicted molar refractivity (Wildman–Crippen MR) is 108 cm³/mol. The van der Waals surface area contributed by atoms with Crippen molar-refractivity contribution >= 4 is 5.97 Å². The minimum atomic E-state index is -3.78. The van der Waals surface area contributed by atoms with Gasteiger partial charge in [-0.15, -0.1) is 0 Å². The number of aliphatic hydroxyl groups excluding tert-OH is 1. The first-order chi connectivity index (χ1) is 14.7. The molecule has 1 N–H and O–H groups in total. The Balaban J connectivity index is 1.69. The first-order valence-corrected chi connectivity index (χ1v) is 9.94. The van der Waals surface area contributed by atoms with Crippen LogP contribution >= 0.6 is 0 Å². The van der Waals surface area contributed by atoms with Crippen LogP contribution in [0.3, 0.4) is 0 Å². The van der Waals surface area contributed by atoms with Crippen LogP contribution in [0.2, 0.25) is 0 Å². The summed E-state index contributed by atoms with van der Waals surface area (Å²) in [6.07, 6.45) is -5.23. The summed E-state index contributed by atoms with van der Waals surface area (Å²) in [5.41, 5.74) is 0.885. The fourth-order valence-electron chi connectivity index (χ4n) is 3.20. The SMILES string of the molecule is CC1(C)OC[C@H]([C@@H](OCc2ccccc2)C(F)(F)[C@@H](O)COC(=O)c2ccccc2)O1. The van der Waals surface area contributed by atoms with Crippen molar-refractivity contribution in [1.82, 2.24) is 0 Å². The van der Waals surface area contributed by atoms with Crippen molar-refractivity contribution in [3.05, 3.63) is 71.8 Å². The molecular formula is C23H26F2O6. The number of benzene rings is 2. The summed E-state index contributed by atoms with van der Waals surface area (Å²) in [5, 5.41) is 10.2. The van der Waals surface area contributed by atoms with Gasteiger partial charge in [0.25, 0.3) is 0 Å². The third kappa shape index (κ3) is 6.07. The highest BCUT2D eigenvalue weighted by Crippen LogP contribution is 2.35. The van der Waals surface area contributed by atoms with E-state index in [4.69, 9.17) is 18.9 Å². The topological polar surface area (TPSA) is 74.2 Å². The van der Waals surface area contributed by atoms with E-state index in [-0.39, 0.29) is 18.8 Å². The maximum Gasteiger partial charge on any atom is 0.338 e. The Labute approximate surface area is 179 Å². The summed E-state index contributed by atoms with van der Waals surface area (Å²) in [4.78, 5) is 12.0. The van der Waals surface area contributed by atoms with E-state index in [1.165, 1.54) is 12.1 Å². The lowest BCUT2D eigenvalue weighted by atomic mass is 10.0. The van der Waals surface area contributed by atoms with E-state index in [9.17, 15) is 9.90 Å². The molecule has 0 saturated carbocycles. The first-order valence-electron chi connectivity index (χ1n) is 9.94. The minimum Gasteiger partial charge on any atom is -0.459 e. The Kier molecular flexibility index (Phi) is 7.38. The Morgan fingerprint density at radius 3 is 2.35 bits per heavy atom. The van der Waals surface area contributed by atoms with Crippen molar-refractivity contribution in [2.75, 3.05) is 13.2 Å². The smallest absolute Gasteiger partial charge is 0.338 e. The van der Waals surface area contributed by atoms with Crippen molar-refractivity contribution in [1.29, 1.82) is 0 Å². The molecule has 6 nitrogen and oxygen atoms in total. The molecule has 0 spiro atoms. The van der Waals surface area contributed by atoms with Gasteiger partial charge in [-0.25, -0.2) is 13.6 Å². The molecule has 1 aliphatic rings. The van der Waals surface area contributed by atoms with Crippen LogP contribution in [0.1, 0.15) is 29.8 Å². The predicted octanol–water partition coefficient (Wildman–Crippen LogP) is 3.58. The normalized spacial score (nSPS) is 20.2. The molecule has 8 heteroatoms. The zero-order valence-corrected chi connectivity index (χ0v) is 17.4. The Morgan fingerprint density at radius 2 is 1.77 bits per heavy atom. The monoisotopic (exact) mass is 436 g/mol. The summed E-state index contributed by atoms with van der Waals surface area (Å²) in [5.74, 6) is -5.64. The standard InChI is InChI=1S/C23H26F2O6/c1-22(2)30-14-18(31-22)20(28-13-16-9-5-3-6-10-16)23(24,25)19(26)15-29-21(27)17-11-7-4-8-12-17/h3-12,18-20,26H,13-15H2,1-2H3/t18-,19+,20-/m1/s1. The number of rotatable bonds is 9. The van der Waals surface area contributed by atoms with E-state index >= 15 is 8.78 Å². The lowest BCUT2D eigenvalue weighted by Crippen LogP contribution is -2.54. The van der Waals surface area contributed by atoms with Crippen LogP contribution in [0.25, 0.3) is 0 Å². The van der Waals surface area contributed by atoms with Gasteiger partial charge in [0.05, 0.1) is 18.8 Å². The van der Waals surface area contributed by atoms with Crippen LogP contribution in [0, 0.1) is 0 Å². The van der Waals surface area contributed by atoms with Gasteiger partial charge >= 0.3 is 11.9 Å². The molecule has 3 rings (SSSR count). The van der Waals surface area contributed by atoms with E-state index < -0.39 is 42.6 Å². The van der Waals surface area contributed by atoms with Gasteiger partial charge < -0.3 is 24.1 Å². The molecule has 168 valence electrons. The number of alkyl halides is 2. The van der Waals surface area contributed by atoms with Gasteiger partial charge in [-0.3, -0.25) is 0 Å². The number of aliphatic hydroxyl groups is 1. The molecule has 2 aromatic rings. The molecule has 0 unspecified atom stereocenters. The molecule has 0 bridgehead atoms. The molecule has 2 aromatic carbocycles. The van der Waals surface area contributed by atoms with Crippen molar-refractivity contribution in [2.45, 2.75) is 50.5 Å². The van der Waals surface area contributed by atoms with E-state index in [2.05, 4.69) is 0 Å². The third-order valence-corrected chi connectivity index (χ3v) is 4.85. The zero-order chi connectivity index (χ0) is 22.5. The largest absolute Gasteiger partial charge is 0.459 e. The molecule has 1 aliphatic heterocycles. The van der Waals surface area contributed by atoms with E-state index in [0.29, 0.717) is 5.56 Å². The molecule has 1 heterocycles. The third-order valence-electron chi connectivity index (χ3n) is 4.85. The average molecular weight is 436 g/mol. The van der Waals surface area contributed by atoms with Crippen LogP contribution in [-0.4, -0.2) is 54.3 Å². The number of carbonyl (C=O) groups excluding carboxylic acids is 1. The summed E-state index contributed by atoms with van der Waals surface area (Å²) in [6.45, 7) is 2.08. The fourth-order valence-corrected chi connectivity index (χ4v) is 3.20. The molecule has 0 radical (unpaired) electrons. The second-order valence-corrected chi connectivity index (χ2v) is 7.74. The maximum absolute atomic E-state index is 15.2. The highest BCUT2D eigenvalue weighted by atomic mass is 19.3. The zero-order valence-electron chi connectivity index (χ0n) is 17.4. The maximum atomic E-state index is 15.2. The van der Waals surface area contributed by atoms with Gasteiger partial charge in [-0.1, -0.05) is 48.5 Å². The lowest BCUT2D eigenvalue weighted by molar-refractivity contribution is -0.242. The number of carbonyl (C=O) groups is 1. The summed E-state index contributed by atoms with van der Waals surface area (Å²) in [6, 6.07) is 16.7. The van der Waals surface area contributed by atoms with Gasteiger partial charge in [0.1, 0.15) is 12.7 Å². The van der Waals surface area contributed by atoms with Gasteiger partial charge in [-0.05, 0) is 31.5 Å². The lowest BCUT2D eigenvalue weighted by Gasteiger charge is -2.33. The minimum absolute atomic E-state index is 0.113. The van der Waals surface area contributed by atoms with Crippen LogP contribution in [-0.2, 0) is 25.6 Å². The molecule has 31 heavy (non-hydrogen) atoms. The van der Waals surface area contributed by atoms with E-state index in [0.717, 1.165) is 0 Å². The van der Waals surface area contributed by atoms with Crippen molar-refractivity contribution in [3.8, 4) is 0 Å². The number of ether oxygens (including phenoxy) is 4. The van der Waals surface area contributed by atoms with E-state index in [1.807, 2.05) is 0 Å². The van der Waals surface area contributed by atoms with Gasteiger partial charge in [0, 0.05) is 0 Å². The Hall–Kier alpha value is -2.39. The van der Waals surface area contributed by atoms with Crippen molar-refractivity contribution in [3.63, 3.8) is 0 Å². The molecule has 3 atom stereocenters. The van der Waals surface area contributed by atoms with Crippen LogP contribution in [0.5, 0.6) is 0 Å². The molecule has 0 aliphatic carbocycles. The second kappa shape index (κ2) is 9.82. The van der Waals surface area contributed by atoms with Crippen LogP contribution in [0.4, 0.5) is 8.78 Å². The summed E-state index contributed by atoms with van der Waals surface area (Å²) < 4.78 is 51.9. The molecule has 1 saturated heterocycles. The quantitative estimate of drug-likeness (QED) is 0.606. The Morgan fingerprint density at radius 1 is 1.16 bits per heavy atom. The van der Waals surface area contributed by atoms with Crippen molar-refractivity contribution < 1.29 is 37.6 Å². The molecule has 0 aromatic heterocycles. The van der Waals surface area contributed by atoms with Crippen LogP contribution < -0.4 is 0 Å². The molecule has 1 fully saturated rings. The number of hydrogen-bond donors (Lipinski definition) is 1.